The van der Waals surface area contributed by atoms with Gasteiger partial charge in [0.1, 0.15) is 17.2 Å². The molecule has 0 aliphatic heterocycles. The van der Waals surface area contributed by atoms with Crippen molar-refractivity contribution in [3.05, 3.63) is 41.9 Å². The van der Waals surface area contributed by atoms with Gasteiger partial charge in [0.05, 0.1) is 16.8 Å². The number of thioether (sulfide) groups is 1. The second kappa shape index (κ2) is 6.25. The molecule has 0 amide bonds. The van der Waals surface area contributed by atoms with E-state index >= 15 is 0 Å². The highest BCUT2D eigenvalue weighted by molar-refractivity contribution is 7.98. The number of carboxylic acids is 1. The number of aromatic amines is 1. The van der Waals surface area contributed by atoms with Gasteiger partial charge in [-0.3, -0.25) is 0 Å². The third-order valence-electron chi connectivity index (χ3n) is 3.18. The number of anilines is 1. The largest absolute Gasteiger partial charge is 0.477 e. The molecule has 0 unspecified atom stereocenters. The maximum atomic E-state index is 11.2. The maximum absolute atomic E-state index is 11.2. The summed E-state index contributed by atoms with van der Waals surface area (Å²) in [6.07, 6.45) is 1.35. The zero-order valence-electron chi connectivity index (χ0n) is 12.6. The number of aromatic nitrogens is 4. The molecule has 23 heavy (non-hydrogen) atoms. The van der Waals surface area contributed by atoms with E-state index < -0.39 is 5.97 Å². The van der Waals surface area contributed by atoms with Crippen molar-refractivity contribution in [3.8, 4) is 0 Å². The van der Waals surface area contributed by atoms with Crippen LogP contribution in [0.2, 0.25) is 0 Å². The highest BCUT2D eigenvalue weighted by Crippen LogP contribution is 2.23. The van der Waals surface area contributed by atoms with Crippen molar-refractivity contribution in [2.24, 2.45) is 0 Å². The summed E-state index contributed by atoms with van der Waals surface area (Å²) in [5.41, 5.74) is 1.98. The summed E-state index contributed by atoms with van der Waals surface area (Å²) in [5.74, 6) is 0.419. The number of para-hydroxylation sites is 2. The Morgan fingerprint density at radius 1 is 1.30 bits per heavy atom. The summed E-state index contributed by atoms with van der Waals surface area (Å²) in [4.78, 5) is 29.0. The second-order valence-corrected chi connectivity index (χ2v) is 6.03. The van der Waals surface area contributed by atoms with E-state index in [1.165, 1.54) is 18.0 Å². The van der Waals surface area contributed by atoms with Crippen LogP contribution in [0.5, 0.6) is 0 Å². The SMILES string of the molecule is CN(C)c1nc(CSc2nc3ccccc3[nH]2)ncc1C(=O)O. The normalized spacial score (nSPS) is 10.9. The molecular weight excluding hydrogens is 314 g/mol. The minimum Gasteiger partial charge on any atom is -0.477 e. The summed E-state index contributed by atoms with van der Waals surface area (Å²) in [7, 11) is 3.51. The Kier molecular flexibility index (Phi) is 4.16. The second-order valence-electron chi connectivity index (χ2n) is 5.07. The Bertz CT molecular complexity index is 829. The van der Waals surface area contributed by atoms with Crippen molar-refractivity contribution in [2.75, 3.05) is 19.0 Å². The number of carbonyl (C=O) groups is 1. The monoisotopic (exact) mass is 329 g/mol. The lowest BCUT2D eigenvalue weighted by Crippen LogP contribution is -2.17. The number of hydrogen-bond acceptors (Lipinski definition) is 6. The van der Waals surface area contributed by atoms with Crippen molar-refractivity contribution >= 4 is 34.6 Å². The first kappa shape index (κ1) is 15.3. The highest BCUT2D eigenvalue weighted by atomic mass is 32.2. The molecule has 0 saturated heterocycles. The van der Waals surface area contributed by atoms with Crippen LogP contribution in [-0.4, -0.2) is 45.1 Å². The van der Waals surface area contributed by atoms with Crippen molar-refractivity contribution in [3.63, 3.8) is 0 Å². The van der Waals surface area contributed by atoms with E-state index in [0.717, 1.165) is 16.2 Å². The summed E-state index contributed by atoms with van der Waals surface area (Å²) < 4.78 is 0. The van der Waals surface area contributed by atoms with Gasteiger partial charge in [-0.1, -0.05) is 23.9 Å². The number of fused-ring (bicyclic) bond motifs is 1. The lowest BCUT2D eigenvalue weighted by atomic mass is 10.3. The summed E-state index contributed by atoms with van der Waals surface area (Å²) in [5, 5.41) is 9.95. The summed E-state index contributed by atoms with van der Waals surface area (Å²) in [6.45, 7) is 0. The van der Waals surface area contributed by atoms with E-state index in [1.54, 1.807) is 19.0 Å². The Hall–Kier alpha value is -2.61. The van der Waals surface area contributed by atoms with Crippen LogP contribution < -0.4 is 4.90 Å². The molecule has 0 aliphatic rings. The standard InChI is InChI=1S/C15H15N5O2S/c1-20(2)13-9(14(21)22)7-16-12(19-13)8-23-15-17-10-5-3-4-6-11(10)18-15/h3-7H,8H2,1-2H3,(H,17,18)(H,21,22). The number of imidazole rings is 1. The van der Waals surface area contributed by atoms with Crippen LogP contribution in [-0.2, 0) is 5.75 Å². The molecule has 0 bridgehead atoms. The van der Waals surface area contributed by atoms with E-state index in [0.29, 0.717) is 17.4 Å². The molecule has 2 aromatic heterocycles. The zero-order valence-corrected chi connectivity index (χ0v) is 13.5. The predicted octanol–water partition coefficient (Wildman–Crippen LogP) is 2.41. The van der Waals surface area contributed by atoms with Crippen molar-refractivity contribution in [1.82, 2.24) is 19.9 Å². The number of hydrogen-bond donors (Lipinski definition) is 2. The third-order valence-corrected chi connectivity index (χ3v) is 4.05. The topological polar surface area (TPSA) is 95.0 Å². The lowest BCUT2D eigenvalue weighted by molar-refractivity contribution is 0.0696. The number of carboxylic acid groups (broad SMARTS) is 1. The van der Waals surface area contributed by atoms with Gasteiger partial charge in [-0.2, -0.15) is 0 Å². The smallest absolute Gasteiger partial charge is 0.341 e. The Morgan fingerprint density at radius 2 is 2.09 bits per heavy atom. The molecule has 2 heterocycles. The van der Waals surface area contributed by atoms with E-state index in [2.05, 4.69) is 19.9 Å². The van der Waals surface area contributed by atoms with Crippen LogP contribution in [0.3, 0.4) is 0 Å². The van der Waals surface area contributed by atoms with Crippen LogP contribution in [0.1, 0.15) is 16.2 Å². The Labute approximate surface area is 136 Å². The van der Waals surface area contributed by atoms with Crippen LogP contribution in [0.25, 0.3) is 11.0 Å². The molecule has 0 radical (unpaired) electrons. The molecule has 7 nitrogen and oxygen atoms in total. The Balaban J connectivity index is 1.80. The average Bonchev–Trinajstić information content (AvgIpc) is 2.95. The van der Waals surface area contributed by atoms with Gasteiger partial charge in [0.2, 0.25) is 0 Å². The van der Waals surface area contributed by atoms with Crippen molar-refractivity contribution in [1.29, 1.82) is 0 Å². The Morgan fingerprint density at radius 3 is 2.78 bits per heavy atom. The highest BCUT2D eigenvalue weighted by Gasteiger charge is 2.15. The quantitative estimate of drug-likeness (QED) is 0.694. The summed E-state index contributed by atoms with van der Waals surface area (Å²) >= 11 is 1.48. The average molecular weight is 329 g/mol. The van der Waals surface area contributed by atoms with Crippen molar-refractivity contribution in [2.45, 2.75) is 10.9 Å². The molecular formula is C15H15N5O2S. The predicted molar refractivity (Wildman–Crippen MR) is 89.0 cm³/mol. The van der Waals surface area contributed by atoms with E-state index in [-0.39, 0.29) is 5.56 Å². The van der Waals surface area contributed by atoms with Crippen LogP contribution in [0.4, 0.5) is 5.82 Å². The first-order valence-corrected chi connectivity index (χ1v) is 7.87. The molecule has 2 N–H and O–H groups in total. The fourth-order valence-electron chi connectivity index (χ4n) is 2.10. The third kappa shape index (κ3) is 3.26. The molecule has 0 aliphatic carbocycles. The van der Waals surface area contributed by atoms with Gasteiger partial charge in [0, 0.05) is 20.3 Å². The maximum Gasteiger partial charge on any atom is 0.341 e. The van der Waals surface area contributed by atoms with Gasteiger partial charge in [0.25, 0.3) is 0 Å². The van der Waals surface area contributed by atoms with Crippen LogP contribution >= 0.6 is 11.8 Å². The molecule has 118 valence electrons. The van der Waals surface area contributed by atoms with Gasteiger partial charge >= 0.3 is 5.97 Å². The molecule has 0 fully saturated rings. The fourth-order valence-corrected chi connectivity index (χ4v) is 2.85. The number of benzene rings is 1. The van der Waals surface area contributed by atoms with Crippen LogP contribution in [0.15, 0.2) is 35.6 Å². The van der Waals surface area contributed by atoms with Gasteiger partial charge in [0.15, 0.2) is 5.16 Å². The van der Waals surface area contributed by atoms with Gasteiger partial charge < -0.3 is 15.0 Å². The minimum atomic E-state index is -1.04. The molecule has 3 rings (SSSR count). The molecule has 0 atom stereocenters. The van der Waals surface area contributed by atoms with E-state index in [9.17, 15) is 4.79 Å². The number of nitrogens with one attached hydrogen (secondary N) is 1. The van der Waals surface area contributed by atoms with Crippen molar-refractivity contribution < 1.29 is 9.90 Å². The van der Waals surface area contributed by atoms with Gasteiger partial charge in [-0.25, -0.2) is 19.7 Å². The lowest BCUT2D eigenvalue weighted by Gasteiger charge is -2.14. The van der Waals surface area contributed by atoms with E-state index in [1.807, 2.05) is 24.3 Å². The number of aromatic carboxylic acids is 1. The summed E-state index contributed by atoms with van der Waals surface area (Å²) in [6, 6.07) is 7.80. The molecule has 0 saturated carbocycles. The number of nitrogens with zero attached hydrogens (tertiary/aromatic N) is 4. The molecule has 0 spiro atoms. The number of H-pyrrole nitrogens is 1. The van der Waals surface area contributed by atoms with Gasteiger partial charge in [-0.05, 0) is 12.1 Å². The van der Waals surface area contributed by atoms with Crippen LogP contribution in [0, 0.1) is 0 Å². The number of rotatable bonds is 5. The molecule has 3 aromatic rings. The van der Waals surface area contributed by atoms with Gasteiger partial charge in [-0.15, -0.1) is 0 Å². The molecule has 1 aromatic carbocycles. The zero-order chi connectivity index (χ0) is 16.4. The fraction of sp³-hybridized carbons (Fsp3) is 0.200. The molecule has 8 heteroatoms. The van der Waals surface area contributed by atoms with E-state index in [4.69, 9.17) is 5.11 Å². The first-order chi connectivity index (χ1) is 11.0. The first-order valence-electron chi connectivity index (χ1n) is 6.88. The minimum absolute atomic E-state index is 0.0903.